The first kappa shape index (κ1) is 18.5. The first-order chi connectivity index (χ1) is 12.4. The highest BCUT2D eigenvalue weighted by Gasteiger charge is 2.18. The number of nitrogens with zero attached hydrogens (tertiary/aromatic N) is 1. The van der Waals surface area contributed by atoms with E-state index in [2.05, 4.69) is 0 Å². The minimum absolute atomic E-state index is 0.0261. The maximum absolute atomic E-state index is 12.4. The Bertz CT molecular complexity index is 1010. The number of benzene rings is 2. The lowest BCUT2D eigenvalue weighted by molar-refractivity contribution is 0.0515. The average Bonchev–Trinajstić information content (AvgIpc) is 2.96. The van der Waals surface area contributed by atoms with Crippen molar-refractivity contribution in [2.45, 2.75) is 20.4 Å². The van der Waals surface area contributed by atoms with Crippen LogP contribution in [0.2, 0.25) is 10.0 Å². The fourth-order valence-electron chi connectivity index (χ4n) is 2.85. The largest absolute Gasteiger partial charge is 0.461 e. The Balaban J connectivity index is 2.13. The molecule has 1 heterocycles. The summed E-state index contributed by atoms with van der Waals surface area (Å²) in [6.07, 6.45) is 0. The van der Waals surface area contributed by atoms with Gasteiger partial charge >= 0.3 is 5.97 Å². The van der Waals surface area contributed by atoms with E-state index in [-0.39, 0.29) is 12.4 Å². The molecule has 0 unspecified atom stereocenters. The van der Waals surface area contributed by atoms with Gasteiger partial charge in [0, 0.05) is 23.0 Å². The first-order valence-electron chi connectivity index (χ1n) is 8.16. The second-order valence-electron chi connectivity index (χ2n) is 5.91. The number of ketones is 1. The van der Waals surface area contributed by atoms with Crippen LogP contribution in [0.1, 0.15) is 40.3 Å². The Morgan fingerprint density at radius 1 is 1.04 bits per heavy atom. The molecule has 0 aliphatic heterocycles. The van der Waals surface area contributed by atoms with Gasteiger partial charge < -0.3 is 9.30 Å². The number of aromatic nitrogens is 1. The van der Waals surface area contributed by atoms with Crippen molar-refractivity contribution in [1.29, 1.82) is 0 Å². The zero-order valence-electron chi connectivity index (χ0n) is 14.4. The van der Waals surface area contributed by atoms with Crippen molar-refractivity contribution in [3.05, 3.63) is 69.3 Å². The Labute approximate surface area is 161 Å². The van der Waals surface area contributed by atoms with E-state index in [1.807, 2.05) is 16.7 Å². The number of esters is 1. The quantitative estimate of drug-likeness (QED) is 0.434. The van der Waals surface area contributed by atoms with E-state index in [1.54, 1.807) is 37.3 Å². The molecular formula is C20H17Cl2NO3. The molecule has 134 valence electrons. The number of hydrogen-bond donors (Lipinski definition) is 0. The molecule has 0 saturated carbocycles. The molecule has 0 radical (unpaired) electrons. The van der Waals surface area contributed by atoms with Gasteiger partial charge in [0.05, 0.1) is 16.7 Å². The van der Waals surface area contributed by atoms with Crippen molar-refractivity contribution in [3.63, 3.8) is 0 Å². The van der Waals surface area contributed by atoms with Gasteiger partial charge in [0.1, 0.15) is 5.69 Å². The number of fused-ring (bicyclic) bond motifs is 1. The van der Waals surface area contributed by atoms with Crippen LogP contribution in [0.4, 0.5) is 0 Å². The molecule has 3 rings (SSSR count). The molecule has 0 aliphatic rings. The summed E-state index contributed by atoms with van der Waals surface area (Å²) in [5.41, 5.74) is 2.76. The van der Waals surface area contributed by atoms with E-state index in [1.165, 1.54) is 6.92 Å². The van der Waals surface area contributed by atoms with Gasteiger partial charge in [-0.1, -0.05) is 29.3 Å². The van der Waals surface area contributed by atoms with Crippen molar-refractivity contribution in [1.82, 2.24) is 4.57 Å². The summed E-state index contributed by atoms with van der Waals surface area (Å²) in [4.78, 5) is 24.1. The summed E-state index contributed by atoms with van der Waals surface area (Å²) in [6.45, 7) is 3.98. The fourth-order valence-corrected chi connectivity index (χ4v) is 3.18. The van der Waals surface area contributed by atoms with Gasteiger partial charge in [-0.3, -0.25) is 4.79 Å². The van der Waals surface area contributed by atoms with Crippen LogP contribution in [0.5, 0.6) is 0 Å². The van der Waals surface area contributed by atoms with Crippen molar-refractivity contribution >= 4 is 45.9 Å². The normalized spacial score (nSPS) is 10.9. The predicted octanol–water partition coefficient (Wildman–Crippen LogP) is 5.38. The molecule has 0 saturated heterocycles. The van der Waals surface area contributed by atoms with E-state index in [4.69, 9.17) is 27.9 Å². The maximum atomic E-state index is 12.4. The molecule has 0 atom stereocenters. The number of carbonyl (C=O) groups is 2. The van der Waals surface area contributed by atoms with Gasteiger partial charge in [0.25, 0.3) is 0 Å². The topological polar surface area (TPSA) is 48.3 Å². The molecule has 0 aliphatic carbocycles. The van der Waals surface area contributed by atoms with Crippen LogP contribution in [0.3, 0.4) is 0 Å². The lowest BCUT2D eigenvalue weighted by Crippen LogP contribution is -2.12. The van der Waals surface area contributed by atoms with Gasteiger partial charge in [-0.2, -0.15) is 0 Å². The summed E-state index contributed by atoms with van der Waals surface area (Å²) >= 11 is 12.1. The molecule has 4 nitrogen and oxygen atoms in total. The number of ether oxygens (including phenoxy) is 1. The van der Waals surface area contributed by atoms with Crippen molar-refractivity contribution in [3.8, 4) is 0 Å². The van der Waals surface area contributed by atoms with Crippen molar-refractivity contribution in [2.75, 3.05) is 6.61 Å². The maximum Gasteiger partial charge on any atom is 0.354 e. The minimum atomic E-state index is -0.409. The van der Waals surface area contributed by atoms with Crippen LogP contribution in [-0.2, 0) is 11.3 Å². The molecule has 2 aromatic carbocycles. The van der Waals surface area contributed by atoms with Gasteiger partial charge in [-0.15, -0.1) is 0 Å². The van der Waals surface area contributed by atoms with E-state index in [0.29, 0.717) is 27.8 Å². The molecule has 1 aromatic heterocycles. The highest BCUT2D eigenvalue weighted by Crippen LogP contribution is 2.27. The van der Waals surface area contributed by atoms with Crippen LogP contribution in [0.15, 0.2) is 42.5 Å². The van der Waals surface area contributed by atoms with Crippen molar-refractivity contribution < 1.29 is 14.3 Å². The van der Waals surface area contributed by atoms with Gasteiger partial charge in [-0.25, -0.2) is 4.79 Å². The zero-order chi connectivity index (χ0) is 18.8. The Morgan fingerprint density at radius 3 is 2.46 bits per heavy atom. The monoisotopic (exact) mass is 389 g/mol. The number of Topliss-reactive ketones (excluding diaryl/α,β-unsaturated/α-hetero) is 1. The average molecular weight is 390 g/mol. The van der Waals surface area contributed by atoms with E-state index < -0.39 is 5.97 Å². The Morgan fingerprint density at radius 2 is 1.81 bits per heavy atom. The Kier molecular flexibility index (Phi) is 5.35. The van der Waals surface area contributed by atoms with Crippen LogP contribution in [-0.4, -0.2) is 22.9 Å². The minimum Gasteiger partial charge on any atom is -0.461 e. The van der Waals surface area contributed by atoms with E-state index in [0.717, 1.165) is 16.5 Å². The van der Waals surface area contributed by atoms with Crippen LogP contribution in [0.25, 0.3) is 10.9 Å². The first-order valence-corrected chi connectivity index (χ1v) is 8.91. The lowest BCUT2D eigenvalue weighted by atomic mass is 10.1. The smallest absolute Gasteiger partial charge is 0.354 e. The number of hydrogen-bond acceptors (Lipinski definition) is 3. The Hall–Kier alpha value is -2.30. The van der Waals surface area contributed by atoms with Gasteiger partial charge in [0.2, 0.25) is 0 Å². The predicted molar refractivity (Wildman–Crippen MR) is 103 cm³/mol. The second kappa shape index (κ2) is 7.52. The summed E-state index contributed by atoms with van der Waals surface area (Å²) in [5.74, 6) is -0.435. The fraction of sp³-hybridized carbons (Fsp3) is 0.200. The third kappa shape index (κ3) is 3.62. The molecule has 6 heteroatoms. The molecule has 0 spiro atoms. The van der Waals surface area contributed by atoms with Crippen LogP contribution >= 0.6 is 23.2 Å². The number of carbonyl (C=O) groups excluding carboxylic acids is 2. The third-order valence-electron chi connectivity index (χ3n) is 4.12. The second-order valence-corrected chi connectivity index (χ2v) is 6.73. The zero-order valence-corrected chi connectivity index (χ0v) is 15.9. The molecule has 0 fully saturated rings. The standard InChI is InChI=1S/C20H17Cl2NO3/c1-3-26-20(25)19-10-15-9-14(12(2)24)5-7-18(15)23(19)11-13-4-6-16(21)17(22)8-13/h4-10H,3,11H2,1-2H3. The van der Waals surface area contributed by atoms with Crippen LogP contribution < -0.4 is 0 Å². The highest BCUT2D eigenvalue weighted by atomic mass is 35.5. The summed E-state index contributed by atoms with van der Waals surface area (Å²) < 4.78 is 7.04. The van der Waals surface area contributed by atoms with Gasteiger partial charge in [0.15, 0.2) is 5.78 Å². The summed E-state index contributed by atoms with van der Waals surface area (Å²) in [6, 6.07) is 12.5. The number of halogens is 2. The van der Waals surface area contributed by atoms with Crippen LogP contribution in [0, 0.1) is 0 Å². The molecule has 0 bridgehead atoms. The summed E-state index contributed by atoms with van der Waals surface area (Å²) in [7, 11) is 0. The molecule has 0 N–H and O–H groups in total. The molecular weight excluding hydrogens is 373 g/mol. The number of rotatable bonds is 5. The SMILES string of the molecule is CCOC(=O)c1cc2cc(C(C)=O)ccc2n1Cc1ccc(Cl)c(Cl)c1. The van der Waals surface area contributed by atoms with E-state index >= 15 is 0 Å². The van der Waals surface area contributed by atoms with Gasteiger partial charge in [-0.05, 0) is 55.8 Å². The molecule has 3 aromatic rings. The molecule has 0 amide bonds. The van der Waals surface area contributed by atoms with Crippen molar-refractivity contribution in [2.24, 2.45) is 0 Å². The molecule has 26 heavy (non-hydrogen) atoms. The van der Waals surface area contributed by atoms with E-state index in [9.17, 15) is 9.59 Å². The highest BCUT2D eigenvalue weighted by molar-refractivity contribution is 6.42. The third-order valence-corrected chi connectivity index (χ3v) is 4.86. The summed E-state index contributed by atoms with van der Waals surface area (Å²) in [5, 5.41) is 1.74. The lowest BCUT2D eigenvalue weighted by Gasteiger charge is -2.11.